The topological polar surface area (TPSA) is 30.0 Å². The minimum absolute atomic E-state index is 0.0209. The first-order valence-corrected chi connectivity index (χ1v) is 4.28. The molecule has 0 saturated heterocycles. The molecule has 0 unspecified atom stereocenters. The van der Waals surface area contributed by atoms with Crippen molar-refractivity contribution < 1.29 is 4.79 Å². The summed E-state index contributed by atoms with van der Waals surface area (Å²) in [5.41, 5.74) is 1.80. The Labute approximate surface area is 82.3 Å². The molecule has 1 aromatic rings. The number of halogens is 1. The molecule has 0 aliphatic rings. The predicted octanol–water partition coefficient (Wildman–Crippen LogP) is 2.65. The number of pyridine rings is 1. The van der Waals surface area contributed by atoms with Crippen molar-refractivity contribution in [3.8, 4) is 0 Å². The first-order valence-electron chi connectivity index (χ1n) is 3.90. The van der Waals surface area contributed by atoms with E-state index in [1.54, 1.807) is 12.3 Å². The van der Waals surface area contributed by atoms with Gasteiger partial charge in [-0.3, -0.25) is 4.79 Å². The van der Waals surface area contributed by atoms with Crippen molar-refractivity contribution in [2.75, 3.05) is 0 Å². The van der Waals surface area contributed by atoms with Gasteiger partial charge in [-0.1, -0.05) is 11.6 Å². The van der Waals surface area contributed by atoms with Gasteiger partial charge in [-0.05, 0) is 43.2 Å². The van der Waals surface area contributed by atoms with Crippen molar-refractivity contribution in [3.05, 3.63) is 34.6 Å². The highest BCUT2D eigenvalue weighted by Gasteiger charge is 1.95. The second-order valence-corrected chi connectivity index (χ2v) is 3.18. The predicted molar refractivity (Wildman–Crippen MR) is 53.7 cm³/mol. The van der Waals surface area contributed by atoms with E-state index in [0.717, 1.165) is 11.1 Å². The Morgan fingerprint density at radius 1 is 1.62 bits per heavy atom. The van der Waals surface area contributed by atoms with Crippen LogP contribution in [0.2, 0.25) is 5.15 Å². The summed E-state index contributed by atoms with van der Waals surface area (Å²) in [7, 11) is 0. The van der Waals surface area contributed by atoms with Crippen molar-refractivity contribution in [3.63, 3.8) is 0 Å². The molecule has 0 N–H and O–H groups in total. The number of hydrogen-bond donors (Lipinski definition) is 0. The van der Waals surface area contributed by atoms with E-state index in [2.05, 4.69) is 4.98 Å². The monoisotopic (exact) mass is 195 g/mol. The average molecular weight is 196 g/mol. The van der Waals surface area contributed by atoms with Gasteiger partial charge >= 0.3 is 0 Å². The summed E-state index contributed by atoms with van der Waals surface area (Å²) >= 11 is 5.74. The molecule has 13 heavy (non-hydrogen) atoms. The number of hydrogen-bond acceptors (Lipinski definition) is 2. The fraction of sp³-hybridized carbons (Fsp3) is 0.200. The fourth-order valence-electron chi connectivity index (χ4n) is 0.885. The number of aryl methyl sites for hydroxylation is 1. The zero-order chi connectivity index (χ0) is 9.84. The summed E-state index contributed by atoms with van der Waals surface area (Å²) in [6.07, 6.45) is 4.86. The summed E-state index contributed by atoms with van der Waals surface area (Å²) in [5.74, 6) is 0.0209. The van der Waals surface area contributed by atoms with Crippen molar-refractivity contribution in [2.45, 2.75) is 13.8 Å². The number of allylic oxidation sites excluding steroid dienone is 1. The summed E-state index contributed by atoms with van der Waals surface area (Å²) in [6.45, 7) is 3.38. The van der Waals surface area contributed by atoms with Crippen LogP contribution in [-0.2, 0) is 4.79 Å². The van der Waals surface area contributed by atoms with Gasteiger partial charge in [0.25, 0.3) is 0 Å². The Bertz CT molecular complexity index is 358. The number of nitrogens with zero attached hydrogens (tertiary/aromatic N) is 1. The number of aromatic nitrogens is 1. The van der Waals surface area contributed by atoms with Gasteiger partial charge in [-0.15, -0.1) is 0 Å². The van der Waals surface area contributed by atoms with Crippen LogP contribution in [0.25, 0.3) is 6.08 Å². The molecule has 68 valence electrons. The highest BCUT2D eigenvalue weighted by atomic mass is 35.5. The van der Waals surface area contributed by atoms with Gasteiger partial charge in [-0.25, -0.2) is 4.98 Å². The molecular weight excluding hydrogens is 186 g/mol. The first kappa shape index (κ1) is 9.93. The van der Waals surface area contributed by atoms with Gasteiger partial charge in [0.2, 0.25) is 0 Å². The van der Waals surface area contributed by atoms with Crippen molar-refractivity contribution in [1.29, 1.82) is 0 Å². The highest BCUT2D eigenvalue weighted by molar-refractivity contribution is 6.30. The number of carbonyl (C=O) groups excluding carboxylic acids is 1. The van der Waals surface area contributed by atoms with E-state index in [0.29, 0.717) is 5.15 Å². The molecular formula is C10H10ClNO. The molecule has 1 rings (SSSR count). The quantitative estimate of drug-likeness (QED) is 0.537. The molecule has 0 spiro atoms. The molecule has 1 aromatic heterocycles. The van der Waals surface area contributed by atoms with E-state index in [9.17, 15) is 4.79 Å². The van der Waals surface area contributed by atoms with Crippen molar-refractivity contribution in [1.82, 2.24) is 4.98 Å². The lowest BCUT2D eigenvalue weighted by molar-refractivity contribution is -0.112. The van der Waals surface area contributed by atoms with Crippen LogP contribution in [0.1, 0.15) is 18.1 Å². The molecule has 0 radical (unpaired) electrons. The minimum Gasteiger partial charge on any atom is -0.295 e. The van der Waals surface area contributed by atoms with Crippen molar-refractivity contribution in [2.24, 2.45) is 0 Å². The molecule has 0 aliphatic carbocycles. The molecule has 0 aromatic carbocycles. The second kappa shape index (κ2) is 4.19. The van der Waals surface area contributed by atoms with E-state index in [1.807, 2.05) is 13.0 Å². The van der Waals surface area contributed by atoms with Gasteiger partial charge in [0, 0.05) is 6.20 Å². The Morgan fingerprint density at radius 3 is 2.85 bits per heavy atom. The molecule has 0 saturated carbocycles. The van der Waals surface area contributed by atoms with Crippen LogP contribution in [0.5, 0.6) is 0 Å². The van der Waals surface area contributed by atoms with Crippen LogP contribution in [0.15, 0.2) is 18.3 Å². The highest BCUT2D eigenvalue weighted by Crippen LogP contribution is 2.13. The van der Waals surface area contributed by atoms with Crippen LogP contribution in [0, 0.1) is 6.92 Å². The standard InChI is InChI=1S/C10H10ClNO/c1-7-5-9(4-3-8(2)13)6-12-10(7)11/h3-6H,1-2H3/b4-3+. The third-order valence-corrected chi connectivity index (χ3v) is 1.94. The van der Waals surface area contributed by atoms with Crippen LogP contribution >= 0.6 is 11.6 Å². The molecule has 1 heterocycles. The largest absolute Gasteiger partial charge is 0.295 e. The minimum atomic E-state index is 0.0209. The molecule has 0 amide bonds. The van der Waals surface area contributed by atoms with Crippen LogP contribution in [-0.4, -0.2) is 10.8 Å². The Morgan fingerprint density at radius 2 is 2.31 bits per heavy atom. The fourth-order valence-corrected chi connectivity index (χ4v) is 0.988. The summed E-state index contributed by atoms with van der Waals surface area (Å²) in [6, 6.07) is 1.88. The zero-order valence-corrected chi connectivity index (χ0v) is 8.30. The molecule has 0 aliphatic heterocycles. The third kappa shape index (κ3) is 2.99. The van der Waals surface area contributed by atoms with Crippen LogP contribution < -0.4 is 0 Å². The van der Waals surface area contributed by atoms with Crippen LogP contribution in [0.3, 0.4) is 0 Å². The van der Waals surface area contributed by atoms with E-state index in [4.69, 9.17) is 11.6 Å². The molecule has 0 bridgehead atoms. The van der Waals surface area contributed by atoms with Gasteiger partial charge in [0.05, 0.1) is 0 Å². The smallest absolute Gasteiger partial charge is 0.152 e. The average Bonchev–Trinajstić information content (AvgIpc) is 2.07. The van der Waals surface area contributed by atoms with Gasteiger partial charge < -0.3 is 0 Å². The zero-order valence-electron chi connectivity index (χ0n) is 7.54. The molecule has 3 heteroatoms. The van der Waals surface area contributed by atoms with E-state index in [1.165, 1.54) is 13.0 Å². The SMILES string of the molecule is CC(=O)/C=C/c1cnc(Cl)c(C)c1. The van der Waals surface area contributed by atoms with Gasteiger partial charge in [0.1, 0.15) is 5.15 Å². The van der Waals surface area contributed by atoms with Gasteiger partial charge in [0.15, 0.2) is 5.78 Å². The maximum absolute atomic E-state index is 10.6. The summed E-state index contributed by atoms with van der Waals surface area (Å²) < 4.78 is 0. The lowest BCUT2D eigenvalue weighted by atomic mass is 10.2. The Kier molecular flexibility index (Phi) is 3.20. The van der Waals surface area contributed by atoms with E-state index < -0.39 is 0 Å². The van der Waals surface area contributed by atoms with E-state index >= 15 is 0 Å². The Balaban J connectivity index is 2.92. The molecule has 0 atom stereocenters. The Hall–Kier alpha value is -1.15. The summed E-state index contributed by atoms with van der Waals surface area (Å²) in [5, 5.41) is 0.500. The molecule has 0 fully saturated rings. The van der Waals surface area contributed by atoms with Crippen LogP contribution in [0.4, 0.5) is 0 Å². The number of ketones is 1. The van der Waals surface area contributed by atoms with Crippen molar-refractivity contribution >= 4 is 23.5 Å². The normalized spacial score (nSPS) is 10.7. The van der Waals surface area contributed by atoms with Gasteiger partial charge in [-0.2, -0.15) is 0 Å². The first-order chi connectivity index (χ1) is 6.09. The summed E-state index contributed by atoms with van der Waals surface area (Å²) in [4.78, 5) is 14.6. The lowest BCUT2D eigenvalue weighted by Gasteiger charge is -1.97. The number of rotatable bonds is 2. The maximum atomic E-state index is 10.6. The second-order valence-electron chi connectivity index (χ2n) is 2.82. The van der Waals surface area contributed by atoms with E-state index in [-0.39, 0.29) is 5.78 Å². The number of carbonyl (C=O) groups is 1. The third-order valence-electron chi connectivity index (χ3n) is 1.55. The molecule has 2 nitrogen and oxygen atoms in total. The lowest BCUT2D eigenvalue weighted by Crippen LogP contribution is -1.84. The maximum Gasteiger partial charge on any atom is 0.152 e.